The van der Waals surface area contributed by atoms with E-state index >= 15 is 0 Å². The molecule has 1 aliphatic heterocycles. The maximum atomic E-state index is 5.14. The molecule has 82 valence electrons. The van der Waals surface area contributed by atoms with Crippen LogP contribution in [0.3, 0.4) is 0 Å². The molecule has 5 nitrogen and oxygen atoms in total. The van der Waals surface area contributed by atoms with E-state index in [-0.39, 0.29) is 0 Å². The Hall–Kier alpha value is -1.36. The summed E-state index contributed by atoms with van der Waals surface area (Å²) in [5.74, 6) is 0.566. The van der Waals surface area contributed by atoms with E-state index in [1.54, 1.807) is 13.3 Å². The van der Waals surface area contributed by atoms with Gasteiger partial charge in [0.05, 0.1) is 13.3 Å². The molecule has 15 heavy (non-hydrogen) atoms. The SMILES string of the molecule is COc1nnccc1NC1CCNCC1. The number of nitrogens with zero attached hydrogens (tertiary/aromatic N) is 2. The van der Waals surface area contributed by atoms with Crippen LogP contribution in [0.1, 0.15) is 12.8 Å². The van der Waals surface area contributed by atoms with E-state index in [2.05, 4.69) is 20.8 Å². The summed E-state index contributed by atoms with van der Waals surface area (Å²) in [6.07, 6.45) is 3.93. The lowest BCUT2D eigenvalue weighted by atomic mass is 10.1. The normalized spacial score (nSPS) is 17.4. The van der Waals surface area contributed by atoms with Crippen molar-refractivity contribution in [2.75, 3.05) is 25.5 Å². The minimum atomic E-state index is 0.504. The summed E-state index contributed by atoms with van der Waals surface area (Å²) in [5.41, 5.74) is 0.930. The predicted molar refractivity (Wildman–Crippen MR) is 58.1 cm³/mol. The van der Waals surface area contributed by atoms with Crippen LogP contribution < -0.4 is 15.4 Å². The lowest BCUT2D eigenvalue weighted by Gasteiger charge is -2.24. The molecular formula is C10H16N4O. The number of nitrogens with one attached hydrogen (secondary N) is 2. The molecular weight excluding hydrogens is 192 g/mol. The van der Waals surface area contributed by atoms with Crippen molar-refractivity contribution in [2.45, 2.75) is 18.9 Å². The minimum Gasteiger partial charge on any atom is -0.478 e. The topological polar surface area (TPSA) is 59.1 Å². The number of piperidine rings is 1. The fraction of sp³-hybridized carbons (Fsp3) is 0.600. The van der Waals surface area contributed by atoms with Gasteiger partial charge in [0.15, 0.2) is 0 Å². The van der Waals surface area contributed by atoms with Gasteiger partial charge < -0.3 is 15.4 Å². The molecule has 2 rings (SSSR count). The summed E-state index contributed by atoms with van der Waals surface area (Å²) in [5, 5.41) is 14.5. The zero-order valence-corrected chi connectivity index (χ0v) is 8.86. The fourth-order valence-corrected chi connectivity index (χ4v) is 1.77. The Morgan fingerprint density at radius 2 is 2.27 bits per heavy atom. The van der Waals surface area contributed by atoms with Gasteiger partial charge in [0, 0.05) is 6.04 Å². The Balaban J connectivity index is 2.02. The van der Waals surface area contributed by atoms with Gasteiger partial charge in [-0.2, -0.15) is 5.10 Å². The highest BCUT2D eigenvalue weighted by Crippen LogP contribution is 2.21. The van der Waals surface area contributed by atoms with Crippen molar-refractivity contribution in [1.82, 2.24) is 15.5 Å². The van der Waals surface area contributed by atoms with E-state index in [1.807, 2.05) is 6.07 Å². The van der Waals surface area contributed by atoms with Crippen molar-refractivity contribution in [3.05, 3.63) is 12.3 Å². The fourth-order valence-electron chi connectivity index (χ4n) is 1.77. The zero-order valence-electron chi connectivity index (χ0n) is 8.86. The van der Waals surface area contributed by atoms with Crippen LogP contribution in [-0.4, -0.2) is 36.4 Å². The number of aromatic nitrogens is 2. The molecule has 0 atom stereocenters. The Kier molecular flexibility index (Phi) is 3.34. The quantitative estimate of drug-likeness (QED) is 0.763. The molecule has 0 radical (unpaired) electrons. The number of hydrogen-bond donors (Lipinski definition) is 2. The van der Waals surface area contributed by atoms with E-state index in [0.29, 0.717) is 11.9 Å². The second kappa shape index (κ2) is 4.93. The maximum absolute atomic E-state index is 5.14. The van der Waals surface area contributed by atoms with Crippen LogP contribution in [0.2, 0.25) is 0 Å². The largest absolute Gasteiger partial charge is 0.478 e. The number of methoxy groups -OCH3 is 1. The van der Waals surface area contributed by atoms with Gasteiger partial charge in [0.2, 0.25) is 0 Å². The van der Waals surface area contributed by atoms with Crippen molar-refractivity contribution >= 4 is 5.69 Å². The summed E-state index contributed by atoms with van der Waals surface area (Å²) < 4.78 is 5.14. The molecule has 0 aromatic carbocycles. The second-order valence-corrected chi connectivity index (χ2v) is 3.62. The maximum Gasteiger partial charge on any atom is 0.256 e. The molecule has 2 heterocycles. The van der Waals surface area contributed by atoms with Gasteiger partial charge in [-0.15, -0.1) is 5.10 Å². The molecule has 0 unspecified atom stereocenters. The monoisotopic (exact) mass is 208 g/mol. The zero-order chi connectivity index (χ0) is 10.5. The van der Waals surface area contributed by atoms with Gasteiger partial charge >= 0.3 is 0 Å². The second-order valence-electron chi connectivity index (χ2n) is 3.62. The first kappa shape index (κ1) is 10.2. The first-order valence-corrected chi connectivity index (χ1v) is 5.23. The van der Waals surface area contributed by atoms with Crippen LogP contribution in [0.25, 0.3) is 0 Å². The van der Waals surface area contributed by atoms with Gasteiger partial charge in [0.1, 0.15) is 5.69 Å². The van der Waals surface area contributed by atoms with Gasteiger partial charge in [-0.1, -0.05) is 0 Å². The average Bonchev–Trinajstić information content (AvgIpc) is 2.31. The first-order chi connectivity index (χ1) is 7.40. The third-order valence-corrected chi connectivity index (χ3v) is 2.58. The van der Waals surface area contributed by atoms with E-state index in [4.69, 9.17) is 4.74 Å². The summed E-state index contributed by atoms with van der Waals surface area (Å²) in [7, 11) is 1.61. The van der Waals surface area contributed by atoms with E-state index in [9.17, 15) is 0 Å². The van der Waals surface area contributed by atoms with Gasteiger partial charge in [-0.3, -0.25) is 0 Å². The first-order valence-electron chi connectivity index (χ1n) is 5.23. The highest BCUT2D eigenvalue weighted by molar-refractivity contribution is 5.51. The third kappa shape index (κ3) is 2.56. The van der Waals surface area contributed by atoms with Crippen molar-refractivity contribution in [2.24, 2.45) is 0 Å². The van der Waals surface area contributed by atoms with Crippen molar-refractivity contribution < 1.29 is 4.74 Å². The van der Waals surface area contributed by atoms with Gasteiger partial charge in [-0.05, 0) is 32.0 Å². The van der Waals surface area contributed by atoms with Crippen LogP contribution in [0.15, 0.2) is 12.3 Å². The Morgan fingerprint density at radius 3 is 3.00 bits per heavy atom. The smallest absolute Gasteiger partial charge is 0.256 e. The van der Waals surface area contributed by atoms with Crippen LogP contribution in [0, 0.1) is 0 Å². The molecule has 0 spiro atoms. The molecule has 1 aromatic rings. The molecule has 2 N–H and O–H groups in total. The lowest BCUT2D eigenvalue weighted by molar-refractivity contribution is 0.392. The van der Waals surface area contributed by atoms with Crippen LogP contribution >= 0.6 is 0 Å². The van der Waals surface area contributed by atoms with E-state index in [1.165, 1.54) is 0 Å². The van der Waals surface area contributed by atoms with E-state index < -0.39 is 0 Å². The van der Waals surface area contributed by atoms with Gasteiger partial charge in [0.25, 0.3) is 5.88 Å². The Bertz CT molecular complexity index is 312. The molecule has 0 saturated carbocycles. The average molecular weight is 208 g/mol. The highest BCUT2D eigenvalue weighted by atomic mass is 16.5. The summed E-state index contributed by atoms with van der Waals surface area (Å²) in [6, 6.07) is 2.40. The molecule has 5 heteroatoms. The number of anilines is 1. The summed E-state index contributed by atoms with van der Waals surface area (Å²) in [6.45, 7) is 2.14. The molecule has 0 amide bonds. The number of hydrogen-bond acceptors (Lipinski definition) is 5. The number of rotatable bonds is 3. The molecule has 1 fully saturated rings. The Labute approximate surface area is 89.2 Å². The van der Waals surface area contributed by atoms with Crippen molar-refractivity contribution in [1.29, 1.82) is 0 Å². The predicted octanol–water partition coefficient (Wildman–Crippen LogP) is 0.649. The van der Waals surface area contributed by atoms with Crippen molar-refractivity contribution in [3.8, 4) is 5.88 Å². The Morgan fingerprint density at radius 1 is 1.47 bits per heavy atom. The number of ether oxygens (including phenoxy) is 1. The molecule has 1 aromatic heterocycles. The summed E-state index contributed by atoms with van der Waals surface area (Å²) in [4.78, 5) is 0. The van der Waals surface area contributed by atoms with Crippen LogP contribution in [-0.2, 0) is 0 Å². The van der Waals surface area contributed by atoms with Crippen LogP contribution in [0.4, 0.5) is 5.69 Å². The molecule has 1 saturated heterocycles. The standard InChI is InChI=1S/C10H16N4O/c1-15-10-9(4-7-12-14-10)13-8-2-5-11-6-3-8/h4,7-8,11H,2-3,5-6H2,1H3,(H,12,13). The third-order valence-electron chi connectivity index (χ3n) is 2.58. The minimum absolute atomic E-state index is 0.504. The van der Waals surface area contributed by atoms with Crippen molar-refractivity contribution in [3.63, 3.8) is 0 Å². The van der Waals surface area contributed by atoms with E-state index in [0.717, 1.165) is 31.6 Å². The van der Waals surface area contributed by atoms with Gasteiger partial charge in [-0.25, -0.2) is 0 Å². The summed E-state index contributed by atoms with van der Waals surface area (Å²) >= 11 is 0. The molecule has 1 aliphatic rings. The van der Waals surface area contributed by atoms with Crippen LogP contribution in [0.5, 0.6) is 5.88 Å². The molecule has 0 bridgehead atoms. The highest BCUT2D eigenvalue weighted by Gasteiger charge is 2.14. The molecule has 0 aliphatic carbocycles. The lowest BCUT2D eigenvalue weighted by Crippen LogP contribution is -2.35.